The first kappa shape index (κ1) is 19.8. The summed E-state index contributed by atoms with van der Waals surface area (Å²) in [5.41, 5.74) is 2.25. The van der Waals surface area contributed by atoms with Gasteiger partial charge in [-0.1, -0.05) is 48.5 Å². The van der Waals surface area contributed by atoms with Gasteiger partial charge in [0.25, 0.3) is 0 Å². The number of hydrogen-bond donors (Lipinski definition) is 1. The number of piperidine rings is 1. The molecule has 2 aliphatic rings. The SMILES string of the molecule is O=C(OCC1c2ccccc2-c2ccccc21)N1CCC(CO)(C(F)(F)F)CC1. The van der Waals surface area contributed by atoms with Gasteiger partial charge in [-0.3, -0.25) is 0 Å². The van der Waals surface area contributed by atoms with E-state index in [0.717, 1.165) is 22.3 Å². The standard InChI is InChI=1S/C22H22F3NO3/c23-22(24,25)21(14-27)9-11-26(12-10-21)20(28)29-13-19-17-7-3-1-5-15(17)16-6-2-4-8-18(16)19/h1-8,19,27H,9-14H2. The van der Waals surface area contributed by atoms with Gasteiger partial charge < -0.3 is 14.7 Å². The Bertz CT molecular complexity index is 859. The average molecular weight is 405 g/mol. The van der Waals surface area contributed by atoms with Crippen molar-refractivity contribution >= 4 is 6.09 Å². The van der Waals surface area contributed by atoms with Crippen molar-refractivity contribution in [1.82, 2.24) is 4.90 Å². The number of aliphatic hydroxyl groups excluding tert-OH is 1. The number of carbonyl (C=O) groups is 1. The van der Waals surface area contributed by atoms with Crippen LogP contribution in [-0.2, 0) is 4.74 Å². The van der Waals surface area contributed by atoms with Gasteiger partial charge in [0.15, 0.2) is 0 Å². The lowest BCUT2D eigenvalue weighted by Crippen LogP contribution is -2.51. The molecule has 2 aromatic rings. The zero-order valence-corrected chi connectivity index (χ0v) is 15.8. The van der Waals surface area contributed by atoms with Crippen molar-refractivity contribution in [1.29, 1.82) is 0 Å². The molecule has 4 nitrogen and oxygen atoms in total. The highest BCUT2D eigenvalue weighted by Crippen LogP contribution is 2.46. The van der Waals surface area contributed by atoms with Crippen molar-refractivity contribution in [3.05, 3.63) is 59.7 Å². The molecule has 1 amide bonds. The number of aliphatic hydroxyl groups is 1. The quantitative estimate of drug-likeness (QED) is 0.814. The second kappa shape index (κ2) is 7.37. The van der Waals surface area contributed by atoms with E-state index >= 15 is 0 Å². The fourth-order valence-electron chi connectivity index (χ4n) is 4.33. The monoisotopic (exact) mass is 405 g/mol. The molecule has 0 unspecified atom stereocenters. The molecule has 7 heteroatoms. The van der Waals surface area contributed by atoms with Crippen LogP contribution >= 0.6 is 0 Å². The lowest BCUT2D eigenvalue weighted by atomic mass is 9.78. The van der Waals surface area contributed by atoms with E-state index in [1.807, 2.05) is 48.5 Å². The Morgan fingerprint density at radius 2 is 1.55 bits per heavy atom. The van der Waals surface area contributed by atoms with E-state index in [-0.39, 0.29) is 38.5 Å². The van der Waals surface area contributed by atoms with E-state index in [9.17, 15) is 23.1 Å². The highest BCUT2D eigenvalue weighted by molar-refractivity contribution is 5.79. The second-order valence-electron chi connectivity index (χ2n) is 7.73. The van der Waals surface area contributed by atoms with Gasteiger partial charge in [-0.25, -0.2) is 4.79 Å². The summed E-state index contributed by atoms with van der Waals surface area (Å²) in [7, 11) is 0. The van der Waals surface area contributed by atoms with Crippen LogP contribution in [0.15, 0.2) is 48.5 Å². The molecular weight excluding hydrogens is 383 g/mol. The van der Waals surface area contributed by atoms with Crippen LogP contribution in [0.1, 0.15) is 29.9 Å². The number of benzene rings is 2. The molecule has 1 heterocycles. The molecule has 4 rings (SSSR count). The molecule has 1 N–H and O–H groups in total. The Morgan fingerprint density at radius 1 is 1.03 bits per heavy atom. The van der Waals surface area contributed by atoms with Gasteiger partial charge in [0.2, 0.25) is 0 Å². The van der Waals surface area contributed by atoms with Gasteiger partial charge in [0.1, 0.15) is 6.61 Å². The number of nitrogens with zero attached hydrogens (tertiary/aromatic N) is 1. The zero-order valence-electron chi connectivity index (χ0n) is 15.8. The molecule has 0 spiro atoms. The molecule has 0 aromatic heterocycles. The summed E-state index contributed by atoms with van der Waals surface area (Å²) in [4.78, 5) is 13.8. The van der Waals surface area contributed by atoms with Gasteiger partial charge in [-0.15, -0.1) is 0 Å². The van der Waals surface area contributed by atoms with Gasteiger partial charge in [0.05, 0.1) is 12.0 Å². The van der Waals surface area contributed by atoms with Crippen LogP contribution in [0.2, 0.25) is 0 Å². The number of amides is 1. The minimum absolute atomic E-state index is 0.0866. The molecule has 0 atom stereocenters. The fraction of sp³-hybridized carbons (Fsp3) is 0.409. The number of rotatable bonds is 3. The van der Waals surface area contributed by atoms with Crippen molar-refractivity contribution in [2.75, 3.05) is 26.3 Å². The number of alkyl halides is 3. The summed E-state index contributed by atoms with van der Waals surface area (Å²) in [6.45, 7) is -1.00. The normalized spacial score (nSPS) is 18.3. The van der Waals surface area contributed by atoms with E-state index in [4.69, 9.17) is 4.74 Å². The first-order valence-corrected chi connectivity index (χ1v) is 9.64. The minimum atomic E-state index is -4.49. The number of ether oxygens (including phenoxy) is 1. The van der Waals surface area contributed by atoms with Crippen LogP contribution in [0.3, 0.4) is 0 Å². The number of halogens is 3. The molecule has 1 aliphatic carbocycles. The van der Waals surface area contributed by atoms with Gasteiger partial charge in [-0.05, 0) is 35.1 Å². The average Bonchev–Trinajstić information content (AvgIpc) is 3.05. The topological polar surface area (TPSA) is 49.8 Å². The zero-order chi connectivity index (χ0) is 20.6. The van der Waals surface area contributed by atoms with Crippen molar-refractivity contribution in [2.45, 2.75) is 24.9 Å². The highest BCUT2D eigenvalue weighted by atomic mass is 19.4. The minimum Gasteiger partial charge on any atom is -0.448 e. The Balaban J connectivity index is 1.42. The van der Waals surface area contributed by atoms with Crippen LogP contribution in [0, 0.1) is 5.41 Å². The summed E-state index contributed by atoms with van der Waals surface area (Å²) in [5.74, 6) is -0.0946. The maximum absolute atomic E-state index is 13.3. The summed E-state index contributed by atoms with van der Waals surface area (Å²) < 4.78 is 45.3. The van der Waals surface area contributed by atoms with Crippen molar-refractivity contribution in [3.8, 4) is 11.1 Å². The molecule has 0 radical (unpaired) electrons. The summed E-state index contributed by atoms with van der Waals surface area (Å²) in [6.07, 6.45) is -5.75. The first-order chi connectivity index (χ1) is 13.9. The third kappa shape index (κ3) is 3.37. The van der Waals surface area contributed by atoms with Crippen LogP contribution in [0.5, 0.6) is 0 Å². The van der Waals surface area contributed by atoms with Crippen LogP contribution in [0.4, 0.5) is 18.0 Å². The van der Waals surface area contributed by atoms with Crippen molar-refractivity contribution in [2.24, 2.45) is 5.41 Å². The third-order valence-electron chi connectivity index (χ3n) is 6.22. The fourth-order valence-corrected chi connectivity index (χ4v) is 4.33. The number of fused-ring (bicyclic) bond motifs is 3. The molecule has 2 aromatic carbocycles. The van der Waals surface area contributed by atoms with Crippen molar-refractivity contribution < 1.29 is 27.8 Å². The highest BCUT2D eigenvalue weighted by Gasteiger charge is 2.55. The van der Waals surface area contributed by atoms with E-state index in [1.165, 1.54) is 4.90 Å². The van der Waals surface area contributed by atoms with Gasteiger partial charge >= 0.3 is 12.3 Å². The maximum atomic E-state index is 13.3. The van der Waals surface area contributed by atoms with Crippen LogP contribution in [-0.4, -0.2) is 48.6 Å². The Kier molecular flexibility index (Phi) is 5.02. The Labute approximate surface area is 166 Å². The summed E-state index contributed by atoms with van der Waals surface area (Å²) in [5, 5.41) is 9.28. The Hall–Kier alpha value is -2.54. The van der Waals surface area contributed by atoms with Gasteiger partial charge in [0, 0.05) is 19.0 Å². The first-order valence-electron chi connectivity index (χ1n) is 9.64. The molecule has 1 fully saturated rings. The number of likely N-dealkylation sites (tertiary alicyclic amines) is 1. The molecule has 0 saturated carbocycles. The molecular formula is C22H22F3NO3. The molecule has 1 saturated heterocycles. The van der Waals surface area contributed by atoms with Crippen LogP contribution in [0.25, 0.3) is 11.1 Å². The predicted molar refractivity (Wildman–Crippen MR) is 101 cm³/mol. The predicted octanol–water partition coefficient (Wildman–Crippen LogP) is 4.57. The molecule has 0 bridgehead atoms. The van der Waals surface area contributed by atoms with E-state index in [2.05, 4.69) is 0 Å². The lowest BCUT2D eigenvalue weighted by molar-refractivity contribution is -0.248. The Morgan fingerprint density at radius 3 is 2.03 bits per heavy atom. The van der Waals surface area contributed by atoms with Gasteiger partial charge in [-0.2, -0.15) is 13.2 Å². The van der Waals surface area contributed by atoms with E-state index in [1.54, 1.807) is 0 Å². The van der Waals surface area contributed by atoms with Crippen molar-refractivity contribution in [3.63, 3.8) is 0 Å². The summed E-state index contributed by atoms with van der Waals surface area (Å²) in [6, 6.07) is 15.9. The molecule has 29 heavy (non-hydrogen) atoms. The number of carbonyl (C=O) groups excluding carboxylic acids is 1. The van der Waals surface area contributed by atoms with E-state index < -0.39 is 24.3 Å². The largest absolute Gasteiger partial charge is 0.448 e. The molecule has 1 aliphatic heterocycles. The summed E-state index contributed by atoms with van der Waals surface area (Å²) >= 11 is 0. The third-order valence-corrected chi connectivity index (χ3v) is 6.22. The number of hydrogen-bond acceptors (Lipinski definition) is 3. The lowest BCUT2D eigenvalue weighted by Gasteiger charge is -2.41. The smallest absolute Gasteiger partial charge is 0.409 e. The van der Waals surface area contributed by atoms with Crippen LogP contribution < -0.4 is 0 Å². The molecule has 154 valence electrons. The second-order valence-corrected chi connectivity index (χ2v) is 7.73. The van der Waals surface area contributed by atoms with E-state index in [0.29, 0.717) is 0 Å². The maximum Gasteiger partial charge on any atom is 0.409 e.